The van der Waals surface area contributed by atoms with Gasteiger partial charge in [0.1, 0.15) is 54.4 Å². The Kier molecular flexibility index (Phi) is 36.1. The Hall–Kier alpha value is -7.82. The van der Waals surface area contributed by atoms with Crippen LogP contribution in [0.2, 0.25) is 0 Å². The highest BCUT2D eigenvalue weighted by Crippen LogP contribution is 2.16. The van der Waals surface area contributed by atoms with Gasteiger partial charge >= 0.3 is 11.9 Å². The first-order valence-electron chi connectivity index (χ1n) is 28.5. The van der Waals surface area contributed by atoms with Crippen LogP contribution in [0, 0.1) is 5.92 Å². The maximum Gasteiger partial charge on any atom is 0.325 e. The number of nitrogens with zero attached hydrogens (tertiary/aromatic N) is 3. The first kappa shape index (κ1) is 78.2. The number of guanidine groups is 1. The molecule has 1 aromatic rings. The summed E-state index contributed by atoms with van der Waals surface area (Å²) in [6, 6.07) is -6.91. The smallest absolute Gasteiger partial charge is 0.325 e. The molecule has 0 radical (unpaired) electrons. The van der Waals surface area contributed by atoms with E-state index in [2.05, 4.69) is 78.1 Å². The Labute approximate surface area is 521 Å². The standard InChI is InChI=1S/C54H90N16O16S2/c1-8-28(2)42(67-48(80)40(25-88)69(26-60-32(6)72)51(83)35(56)17-14-22-59-54(57)58)49(81)64-36(18-12-13-21-55)45(77)62-29(3)44(76)66-38(23-34-15-10-9-11-16-34)46(78)68-43(31(5)71)50(82)65-37(19-20-41(74)75)52(84)70(27-61-33(7)73)39(24-87)47(79)63-30(4)53(85)86/h9-11,15-16,28-31,35-40,42-43,71,87-88H,8,12-14,17-27,55-56H2,1-7H3,(H,60,72)(H,61,73)(H,62,77)(H,63,79)(H,64,81)(H,65,82)(H,66,76)(H,67,80)(H,68,78)(H,74,75)(H,85,86)(H4,57,58,59)/t28-,29-,30-,31+,35-,36-,37-,38-,39-,40-,42-,43-/m0/s1. The number of thiol groups is 2. The molecule has 0 fully saturated rings. The number of carbonyl (C=O) groups excluding carboxylic acids is 11. The molecule has 0 unspecified atom stereocenters. The molecule has 32 nitrogen and oxygen atoms in total. The van der Waals surface area contributed by atoms with Gasteiger partial charge in [0.2, 0.25) is 65.0 Å². The van der Waals surface area contributed by atoms with E-state index in [-0.39, 0.29) is 44.1 Å². The molecule has 0 aliphatic carbocycles. The van der Waals surface area contributed by atoms with Gasteiger partial charge in [-0.25, -0.2) is 0 Å². The highest BCUT2D eigenvalue weighted by Gasteiger charge is 2.40. The third-order valence-electron chi connectivity index (χ3n) is 13.6. The number of aliphatic imine (C=N–C) groups is 1. The minimum atomic E-state index is -1.93. The first-order valence-corrected chi connectivity index (χ1v) is 29.7. The largest absolute Gasteiger partial charge is 0.481 e. The topological polar surface area (TPSA) is 514 Å². The third kappa shape index (κ3) is 27.9. The third-order valence-corrected chi connectivity index (χ3v) is 14.3. The SMILES string of the molecule is CC[C@H](C)[C@H](NC(=O)[C@H](CS)N(CNC(C)=O)C(=O)[C@@H](N)CCCN=C(N)N)C(=O)N[C@@H](CCCCN)C(=O)N[C@@H](C)C(=O)N[C@@H](Cc1ccccc1)C(=O)N[C@H](C(=O)N[C@@H](CCC(=O)O)C(=O)N(CNC(C)=O)[C@@H](CS)C(=O)N[C@@H](C)C(=O)O)[C@@H](C)O. The van der Waals surface area contributed by atoms with Gasteiger partial charge in [0.25, 0.3) is 0 Å². The molecule has 0 saturated carbocycles. The molecule has 0 aromatic heterocycles. The lowest BCUT2D eigenvalue weighted by Crippen LogP contribution is -2.63. The number of aliphatic hydroxyl groups is 1. The molecule has 88 heavy (non-hydrogen) atoms. The Balaban J connectivity index is 3.61. The minimum Gasteiger partial charge on any atom is -0.481 e. The number of carboxylic acids is 2. The van der Waals surface area contributed by atoms with Gasteiger partial charge in [-0.05, 0) is 77.3 Å². The summed E-state index contributed by atoms with van der Waals surface area (Å²) in [4.78, 5) is 179. The summed E-state index contributed by atoms with van der Waals surface area (Å²) < 4.78 is 0. The van der Waals surface area contributed by atoms with Gasteiger partial charge in [-0.3, -0.25) is 67.3 Å². The Morgan fingerprint density at radius 3 is 1.59 bits per heavy atom. The number of aliphatic carboxylic acids is 2. The second kappa shape index (κ2) is 40.6. The van der Waals surface area contributed by atoms with Gasteiger partial charge in [0.05, 0.1) is 25.5 Å². The normalized spacial score (nSPS) is 15.0. The van der Waals surface area contributed by atoms with E-state index in [9.17, 15) is 77.6 Å². The molecule has 11 amide bonds. The second-order valence-corrected chi connectivity index (χ2v) is 21.6. The average molecular weight is 1280 g/mol. The molecule has 0 bridgehead atoms. The van der Waals surface area contributed by atoms with E-state index in [4.69, 9.17) is 22.9 Å². The number of nitrogens with one attached hydrogen (secondary N) is 9. The summed E-state index contributed by atoms with van der Waals surface area (Å²) in [5.74, 6) is -14.3. The molecule has 0 aliphatic rings. The Morgan fingerprint density at radius 2 is 1.09 bits per heavy atom. The van der Waals surface area contributed by atoms with E-state index in [1.807, 2.05) is 0 Å². The maximum absolute atomic E-state index is 14.3. The van der Waals surface area contributed by atoms with Crippen molar-refractivity contribution < 1.29 is 77.6 Å². The molecule has 494 valence electrons. The lowest BCUT2D eigenvalue weighted by molar-refractivity contribution is -0.146. The van der Waals surface area contributed by atoms with Crippen LogP contribution in [0.1, 0.15) is 105 Å². The van der Waals surface area contributed by atoms with Crippen molar-refractivity contribution in [2.75, 3.05) is 37.9 Å². The van der Waals surface area contributed by atoms with E-state index < -0.39 is 181 Å². The fourth-order valence-electron chi connectivity index (χ4n) is 8.31. The van der Waals surface area contributed by atoms with Crippen LogP contribution in [-0.2, 0) is 68.7 Å². The number of aliphatic hydroxyl groups excluding tert-OH is 1. The van der Waals surface area contributed by atoms with Gasteiger partial charge in [-0.1, -0.05) is 50.6 Å². The Morgan fingerprint density at radius 1 is 0.591 bits per heavy atom. The highest BCUT2D eigenvalue weighted by molar-refractivity contribution is 7.80. The number of nitrogens with two attached hydrogens (primary N) is 4. The molecular formula is C54H90N16O16S2. The second-order valence-electron chi connectivity index (χ2n) is 20.8. The summed E-state index contributed by atoms with van der Waals surface area (Å²) >= 11 is 8.49. The molecule has 0 heterocycles. The molecule has 0 aliphatic heterocycles. The number of hydrogen-bond donors (Lipinski definition) is 18. The lowest BCUT2D eigenvalue weighted by atomic mass is 9.97. The maximum atomic E-state index is 14.3. The van der Waals surface area contributed by atoms with Crippen LogP contribution < -0.4 is 70.8 Å². The molecule has 1 aromatic carbocycles. The van der Waals surface area contributed by atoms with Gasteiger partial charge in [-0.2, -0.15) is 25.3 Å². The van der Waals surface area contributed by atoms with Crippen molar-refractivity contribution in [3.05, 3.63) is 35.9 Å². The zero-order valence-electron chi connectivity index (χ0n) is 50.6. The van der Waals surface area contributed by atoms with Crippen LogP contribution in [0.3, 0.4) is 0 Å². The van der Waals surface area contributed by atoms with Crippen LogP contribution in [0.5, 0.6) is 0 Å². The predicted octanol–water partition coefficient (Wildman–Crippen LogP) is -5.01. The van der Waals surface area contributed by atoms with Gasteiger partial charge in [0, 0.05) is 44.7 Å². The predicted molar refractivity (Wildman–Crippen MR) is 328 cm³/mol. The molecule has 1 rings (SSSR count). The number of amides is 11. The van der Waals surface area contributed by atoms with Crippen molar-refractivity contribution in [1.82, 2.24) is 57.7 Å². The average Bonchev–Trinajstić information content (AvgIpc) is 2.76. The van der Waals surface area contributed by atoms with Crippen molar-refractivity contribution >= 4 is 108 Å². The van der Waals surface area contributed by atoms with Crippen LogP contribution in [0.15, 0.2) is 35.3 Å². The number of benzene rings is 1. The summed E-state index contributed by atoms with van der Waals surface area (Å²) in [5.41, 5.74) is 23.3. The highest BCUT2D eigenvalue weighted by atomic mass is 32.1. The number of rotatable bonds is 41. The molecule has 0 saturated heterocycles. The minimum absolute atomic E-state index is 0.0152. The lowest BCUT2D eigenvalue weighted by Gasteiger charge is -2.34. The van der Waals surface area contributed by atoms with Gasteiger partial charge in [0.15, 0.2) is 5.96 Å². The zero-order valence-corrected chi connectivity index (χ0v) is 52.4. The molecular weight excluding hydrogens is 1190 g/mol. The number of carbonyl (C=O) groups is 13. The van der Waals surface area contributed by atoms with E-state index in [0.717, 1.165) is 30.6 Å². The van der Waals surface area contributed by atoms with Crippen molar-refractivity contribution in [2.45, 2.75) is 173 Å². The van der Waals surface area contributed by atoms with Crippen molar-refractivity contribution in [3.63, 3.8) is 0 Å². The van der Waals surface area contributed by atoms with E-state index >= 15 is 0 Å². The van der Waals surface area contributed by atoms with E-state index in [1.165, 1.54) is 13.8 Å². The summed E-state index contributed by atoms with van der Waals surface area (Å²) in [7, 11) is 0. The van der Waals surface area contributed by atoms with Crippen molar-refractivity contribution in [3.8, 4) is 0 Å². The quantitative estimate of drug-likeness (QED) is 0.00959. The van der Waals surface area contributed by atoms with Crippen molar-refractivity contribution in [2.24, 2.45) is 33.8 Å². The van der Waals surface area contributed by atoms with Crippen LogP contribution in [0.25, 0.3) is 0 Å². The number of hydrogen-bond acceptors (Lipinski definition) is 19. The molecule has 0 spiro atoms. The van der Waals surface area contributed by atoms with E-state index in [1.54, 1.807) is 44.2 Å². The van der Waals surface area contributed by atoms with Crippen molar-refractivity contribution in [1.29, 1.82) is 0 Å². The monoisotopic (exact) mass is 1280 g/mol. The fourth-order valence-corrected chi connectivity index (χ4v) is 9.03. The molecule has 20 N–H and O–H groups in total. The van der Waals surface area contributed by atoms with Crippen LogP contribution in [0.4, 0.5) is 0 Å². The molecule has 12 atom stereocenters. The Bertz CT molecular complexity index is 2570. The summed E-state index contributed by atoms with van der Waals surface area (Å²) in [6.45, 7) is 8.40. The summed E-state index contributed by atoms with van der Waals surface area (Å²) in [6.07, 6.45) is -2.01. The van der Waals surface area contributed by atoms with Gasteiger partial charge < -0.3 is 95.9 Å². The number of carboxylic acid groups (broad SMARTS) is 2. The van der Waals surface area contributed by atoms with E-state index in [0.29, 0.717) is 31.2 Å². The number of unbranched alkanes of at least 4 members (excludes halogenated alkanes) is 1. The van der Waals surface area contributed by atoms with Crippen LogP contribution in [-0.4, -0.2) is 212 Å². The summed E-state index contributed by atoms with van der Waals surface area (Å²) in [5, 5.41) is 52.1. The fraction of sp³-hybridized carbons (Fsp3) is 0.630. The van der Waals surface area contributed by atoms with Crippen LogP contribution >= 0.6 is 25.3 Å². The molecule has 34 heteroatoms. The van der Waals surface area contributed by atoms with Gasteiger partial charge in [-0.15, -0.1) is 0 Å². The first-order chi connectivity index (χ1) is 41.3. The zero-order chi connectivity index (χ0) is 67.0.